The molecule has 20 heavy (non-hydrogen) atoms. The molecule has 0 aliphatic carbocycles. The Balaban J connectivity index is 1.98. The molecule has 3 rings (SSSR count). The van der Waals surface area contributed by atoms with Crippen molar-refractivity contribution in [3.05, 3.63) is 56.5 Å². The molecule has 104 valence electrons. The van der Waals surface area contributed by atoms with E-state index in [9.17, 15) is 0 Å². The van der Waals surface area contributed by atoms with E-state index in [4.69, 9.17) is 39.5 Å². The molecule has 0 bridgehead atoms. The number of rotatable bonds is 1. The molecule has 1 N–H and O–H groups in total. The van der Waals surface area contributed by atoms with Gasteiger partial charge in [-0.25, -0.2) is 0 Å². The van der Waals surface area contributed by atoms with Gasteiger partial charge in [-0.05, 0) is 42.8 Å². The lowest BCUT2D eigenvalue weighted by molar-refractivity contribution is 0.209. The third kappa shape index (κ3) is 2.56. The van der Waals surface area contributed by atoms with Crippen LogP contribution in [0.4, 0.5) is 5.69 Å². The molecule has 2 nitrogen and oxygen atoms in total. The lowest BCUT2D eigenvalue weighted by Crippen LogP contribution is -2.24. The zero-order chi connectivity index (χ0) is 14.3. The fraction of sp³-hybridized carbons (Fsp3) is 0.200. The number of aryl methyl sites for hydroxylation is 1. The van der Waals surface area contributed by atoms with Crippen molar-refractivity contribution < 1.29 is 4.74 Å². The number of halogens is 3. The van der Waals surface area contributed by atoms with E-state index in [0.29, 0.717) is 21.6 Å². The minimum atomic E-state index is -0.173. The predicted octanol–water partition coefficient (Wildman–Crippen LogP) is 5.50. The SMILES string of the molecule is Cc1cc(Cl)cc2c1OC(c1cc(Cl)ccc1Cl)CN2. The zero-order valence-corrected chi connectivity index (χ0v) is 13.0. The molecular weight excluding hydrogens is 317 g/mol. The Labute approximate surface area is 132 Å². The third-order valence-electron chi connectivity index (χ3n) is 3.28. The number of hydrogen-bond acceptors (Lipinski definition) is 2. The van der Waals surface area contributed by atoms with Gasteiger partial charge < -0.3 is 10.1 Å². The highest BCUT2D eigenvalue weighted by Crippen LogP contribution is 2.40. The van der Waals surface area contributed by atoms with Crippen LogP contribution in [0.3, 0.4) is 0 Å². The molecule has 0 amide bonds. The van der Waals surface area contributed by atoms with E-state index in [1.165, 1.54) is 0 Å². The highest BCUT2D eigenvalue weighted by molar-refractivity contribution is 6.33. The molecule has 0 fully saturated rings. The minimum absolute atomic E-state index is 0.173. The number of fused-ring (bicyclic) bond motifs is 1. The van der Waals surface area contributed by atoms with Crippen LogP contribution in [0.2, 0.25) is 15.1 Å². The Morgan fingerprint density at radius 1 is 1.10 bits per heavy atom. The molecule has 2 aromatic rings. The van der Waals surface area contributed by atoms with Gasteiger partial charge in [-0.2, -0.15) is 0 Å². The van der Waals surface area contributed by atoms with Gasteiger partial charge in [0.25, 0.3) is 0 Å². The van der Waals surface area contributed by atoms with Gasteiger partial charge in [0.1, 0.15) is 11.9 Å². The first-order chi connectivity index (χ1) is 9.54. The van der Waals surface area contributed by atoms with E-state index in [1.807, 2.05) is 25.1 Å². The van der Waals surface area contributed by atoms with Crippen LogP contribution in [0.5, 0.6) is 5.75 Å². The van der Waals surface area contributed by atoms with Gasteiger partial charge in [0.05, 0.1) is 12.2 Å². The monoisotopic (exact) mass is 327 g/mol. The van der Waals surface area contributed by atoms with Crippen LogP contribution >= 0.6 is 34.8 Å². The molecule has 1 unspecified atom stereocenters. The highest BCUT2D eigenvalue weighted by Gasteiger charge is 2.24. The Kier molecular flexibility index (Phi) is 3.72. The Morgan fingerprint density at radius 3 is 2.70 bits per heavy atom. The fourth-order valence-corrected chi connectivity index (χ4v) is 3.03. The van der Waals surface area contributed by atoms with Crippen LogP contribution in [0.25, 0.3) is 0 Å². The molecule has 1 atom stereocenters. The molecule has 2 aromatic carbocycles. The second-order valence-electron chi connectivity index (χ2n) is 4.75. The summed E-state index contributed by atoms with van der Waals surface area (Å²) < 4.78 is 6.08. The summed E-state index contributed by atoms with van der Waals surface area (Å²) in [5, 5.41) is 5.31. The summed E-state index contributed by atoms with van der Waals surface area (Å²) in [4.78, 5) is 0. The first-order valence-corrected chi connectivity index (χ1v) is 7.33. The Hall–Kier alpha value is -1.09. The Bertz CT molecular complexity index is 672. The average Bonchev–Trinajstić information content (AvgIpc) is 2.41. The molecule has 0 saturated carbocycles. The third-order valence-corrected chi connectivity index (χ3v) is 4.08. The van der Waals surface area contributed by atoms with Crippen molar-refractivity contribution in [1.29, 1.82) is 0 Å². The van der Waals surface area contributed by atoms with E-state index in [2.05, 4.69) is 5.32 Å². The van der Waals surface area contributed by atoms with Crippen LogP contribution in [0.1, 0.15) is 17.2 Å². The molecule has 0 radical (unpaired) electrons. The summed E-state index contributed by atoms with van der Waals surface area (Å²) in [6.07, 6.45) is -0.173. The van der Waals surface area contributed by atoms with Crippen molar-refractivity contribution in [3.63, 3.8) is 0 Å². The van der Waals surface area contributed by atoms with Crippen LogP contribution < -0.4 is 10.1 Å². The molecule has 1 aliphatic rings. The van der Waals surface area contributed by atoms with E-state index in [1.54, 1.807) is 12.1 Å². The van der Waals surface area contributed by atoms with Crippen molar-refractivity contribution in [3.8, 4) is 5.75 Å². The lowest BCUT2D eigenvalue weighted by Gasteiger charge is -2.29. The van der Waals surface area contributed by atoms with Gasteiger partial charge in [0, 0.05) is 20.6 Å². The van der Waals surface area contributed by atoms with Gasteiger partial charge in [-0.1, -0.05) is 34.8 Å². The zero-order valence-electron chi connectivity index (χ0n) is 10.7. The van der Waals surface area contributed by atoms with Crippen molar-refractivity contribution >= 4 is 40.5 Å². The second kappa shape index (κ2) is 5.36. The number of benzene rings is 2. The summed E-state index contributed by atoms with van der Waals surface area (Å²) in [5.74, 6) is 0.807. The van der Waals surface area contributed by atoms with Crippen molar-refractivity contribution in [2.24, 2.45) is 0 Å². The normalized spacial score (nSPS) is 17.1. The number of ether oxygens (including phenoxy) is 1. The summed E-state index contributed by atoms with van der Waals surface area (Å²) in [7, 11) is 0. The molecule has 0 aromatic heterocycles. The summed E-state index contributed by atoms with van der Waals surface area (Å²) >= 11 is 18.3. The first kappa shape index (κ1) is 13.9. The van der Waals surface area contributed by atoms with E-state index in [-0.39, 0.29) is 6.10 Å². The number of hydrogen-bond donors (Lipinski definition) is 1. The van der Waals surface area contributed by atoms with Crippen LogP contribution in [-0.4, -0.2) is 6.54 Å². The second-order valence-corrected chi connectivity index (χ2v) is 6.03. The Morgan fingerprint density at radius 2 is 1.90 bits per heavy atom. The summed E-state index contributed by atoms with van der Waals surface area (Å²) in [6, 6.07) is 9.13. The molecule has 1 heterocycles. The smallest absolute Gasteiger partial charge is 0.146 e. The topological polar surface area (TPSA) is 21.3 Å². The van der Waals surface area contributed by atoms with E-state index >= 15 is 0 Å². The number of nitrogens with one attached hydrogen (secondary N) is 1. The van der Waals surface area contributed by atoms with E-state index in [0.717, 1.165) is 22.6 Å². The lowest BCUT2D eigenvalue weighted by atomic mass is 10.1. The van der Waals surface area contributed by atoms with Crippen molar-refractivity contribution in [2.75, 3.05) is 11.9 Å². The highest BCUT2D eigenvalue weighted by atomic mass is 35.5. The van der Waals surface area contributed by atoms with Crippen molar-refractivity contribution in [1.82, 2.24) is 0 Å². The fourth-order valence-electron chi connectivity index (χ4n) is 2.34. The molecular formula is C15H12Cl3NO. The van der Waals surface area contributed by atoms with Crippen molar-refractivity contribution in [2.45, 2.75) is 13.0 Å². The minimum Gasteiger partial charge on any atom is -0.481 e. The van der Waals surface area contributed by atoms with Gasteiger partial charge in [0.2, 0.25) is 0 Å². The quantitative estimate of drug-likeness (QED) is 0.746. The molecule has 0 saturated heterocycles. The van der Waals surface area contributed by atoms with Gasteiger partial charge >= 0.3 is 0 Å². The van der Waals surface area contributed by atoms with E-state index < -0.39 is 0 Å². The van der Waals surface area contributed by atoms with Gasteiger partial charge in [0.15, 0.2) is 0 Å². The van der Waals surface area contributed by atoms with Gasteiger partial charge in [-0.3, -0.25) is 0 Å². The van der Waals surface area contributed by atoms with Crippen LogP contribution in [-0.2, 0) is 0 Å². The average molecular weight is 329 g/mol. The first-order valence-electron chi connectivity index (χ1n) is 6.20. The maximum absolute atomic E-state index is 6.23. The molecule has 5 heteroatoms. The van der Waals surface area contributed by atoms with Crippen LogP contribution in [0, 0.1) is 6.92 Å². The number of anilines is 1. The molecule has 0 spiro atoms. The predicted molar refractivity (Wildman–Crippen MR) is 84.5 cm³/mol. The molecule has 1 aliphatic heterocycles. The van der Waals surface area contributed by atoms with Crippen LogP contribution in [0.15, 0.2) is 30.3 Å². The summed E-state index contributed by atoms with van der Waals surface area (Å²) in [5.41, 5.74) is 2.78. The standard InChI is InChI=1S/C15H12Cl3NO/c1-8-4-10(17)6-13-15(8)20-14(7-19-13)11-5-9(16)2-3-12(11)18/h2-6,14,19H,7H2,1H3. The summed E-state index contributed by atoms with van der Waals surface area (Å²) in [6.45, 7) is 2.58. The maximum atomic E-state index is 6.23. The maximum Gasteiger partial charge on any atom is 0.146 e. The largest absolute Gasteiger partial charge is 0.481 e. The van der Waals surface area contributed by atoms with Gasteiger partial charge in [-0.15, -0.1) is 0 Å².